The van der Waals surface area contributed by atoms with E-state index in [0.717, 1.165) is 18.4 Å². The molecule has 0 N–H and O–H groups in total. The number of benzene rings is 1. The van der Waals surface area contributed by atoms with Crippen LogP contribution in [0, 0.1) is 0 Å². The molecule has 0 aliphatic heterocycles. The summed E-state index contributed by atoms with van der Waals surface area (Å²) in [4.78, 5) is 16.8. The second kappa shape index (κ2) is 7.92. The zero-order chi connectivity index (χ0) is 17.7. The van der Waals surface area contributed by atoms with Crippen molar-refractivity contribution in [2.45, 2.75) is 11.4 Å². The predicted octanol–water partition coefficient (Wildman–Crippen LogP) is 2.36. The Hall–Kier alpha value is -1.70. The zero-order valence-electron chi connectivity index (χ0n) is 14.1. The Balaban J connectivity index is 2.19. The number of thiophene rings is 1. The van der Waals surface area contributed by atoms with Gasteiger partial charge in [-0.3, -0.25) is 4.79 Å². The Morgan fingerprint density at radius 3 is 2.25 bits per heavy atom. The second-order valence-corrected chi connectivity index (χ2v) is 8.75. The molecule has 5 nitrogen and oxygen atoms in total. The minimum atomic E-state index is -3.26. The van der Waals surface area contributed by atoms with Gasteiger partial charge in [0.25, 0.3) is 5.91 Å². The fourth-order valence-electron chi connectivity index (χ4n) is 2.20. The van der Waals surface area contributed by atoms with E-state index in [1.165, 1.54) is 12.1 Å². The summed E-state index contributed by atoms with van der Waals surface area (Å²) in [5.41, 5.74) is 1.59. The largest absolute Gasteiger partial charge is 0.333 e. The van der Waals surface area contributed by atoms with Crippen LogP contribution in [0.15, 0.2) is 46.0 Å². The first-order chi connectivity index (χ1) is 11.3. The Labute approximate surface area is 147 Å². The normalized spacial score (nSPS) is 11.7. The summed E-state index contributed by atoms with van der Waals surface area (Å²) in [5.74, 6) is -0.0944. The van der Waals surface area contributed by atoms with Gasteiger partial charge in [0, 0.05) is 31.5 Å². The van der Waals surface area contributed by atoms with Gasteiger partial charge in [0.2, 0.25) is 0 Å². The highest BCUT2D eigenvalue weighted by Gasteiger charge is 2.17. The summed E-state index contributed by atoms with van der Waals surface area (Å²) in [6.45, 7) is 1.91. The van der Waals surface area contributed by atoms with Gasteiger partial charge in [0.1, 0.15) is 0 Å². The number of likely N-dealkylation sites (N-methyl/N-ethyl adjacent to an activating group) is 1. The van der Waals surface area contributed by atoms with Crippen LogP contribution in [0.25, 0.3) is 0 Å². The van der Waals surface area contributed by atoms with Crippen molar-refractivity contribution in [3.8, 4) is 0 Å². The van der Waals surface area contributed by atoms with E-state index in [1.807, 2.05) is 35.8 Å². The van der Waals surface area contributed by atoms with Crippen molar-refractivity contribution in [2.24, 2.45) is 0 Å². The van der Waals surface area contributed by atoms with Gasteiger partial charge in [-0.2, -0.15) is 11.3 Å². The third kappa shape index (κ3) is 5.15. The first kappa shape index (κ1) is 18.6. The second-order valence-electron chi connectivity index (χ2n) is 5.96. The van der Waals surface area contributed by atoms with Crippen LogP contribution in [0.5, 0.6) is 0 Å². The van der Waals surface area contributed by atoms with Crippen molar-refractivity contribution in [3.05, 3.63) is 52.2 Å². The van der Waals surface area contributed by atoms with Crippen molar-refractivity contribution in [2.75, 3.05) is 33.4 Å². The Bertz CT molecular complexity index is 767. The first-order valence-corrected chi connectivity index (χ1v) is 10.4. The molecule has 2 aromatic rings. The highest BCUT2D eigenvalue weighted by atomic mass is 32.2. The van der Waals surface area contributed by atoms with E-state index < -0.39 is 9.84 Å². The number of rotatable bonds is 7. The topological polar surface area (TPSA) is 57.7 Å². The van der Waals surface area contributed by atoms with Crippen molar-refractivity contribution in [1.29, 1.82) is 0 Å². The highest BCUT2D eigenvalue weighted by molar-refractivity contribution is 7.90. The highest BCUT2D eigenvalue weighted by Crippen LogP contribution is 2.15. The molecule has 7 heteroatoms. The Morgan fingerprint density at radius 2 is 1.75 bits per heavy atom. The molecule has 0 spiro atoms. The number of hydrogen-bond acceptors (Lipinski definition) is 5. The third-order valence-electron chi connectivity index (χ3n) is 3.59. The number of hydrogen-bond donors (Lipinski definition) is 0. The summed E-state index contributed by atoms with van der Waals surface area (Å²) in [7, 11) is 0.675. The van der Waals surface area contributed by atoms with Crippen LogP contribution in [0.3, 0.4) is 0 Å². The molecule has 130 valence electrons. The average Bonchev–Trinajstić information content (AvgIpc) is 3.03. The minimum Gasteiger partial charge on any atom is -0.333 e. The van der Waals surface area contributed by atoms with Crippen molar-refractivity contribution in [3.63, 3.8) is 0 Å². The molecule has 0 atom stereocenters. The first-order valence-electron chi connectivity index (χ1n) is 7.52. The monoisotopic (exact) mass is 366 g/mol. The van der Waals surface area contributed by atoms with Crippen LogP contribution in [0.1, 0.15) is 15.9 Å². The fraction of sp³-hybridized carbons (Fsp3) is 0.353. The maximum absolute atomic E-state index is 12.8. The van der Waals surface area contributed by atoms with E-state index in [9.17, 15) is 13.2 Å². The predicted molar refractivity (Wildman–Crippen MR) is 97.2 cm³/mol. The standard InChI is InChI=1S/C17H22N2O3S2/c1-18(2)9-10-19(12-14-8-11-23-13-14)17(20)15-4-6-16(7-5-15)24(3,21)22/h4-8,11,13H,9-10,12H2,1-3H3. The van der Waals surface area contributed by atoms with Gasteiger partial charge in [-0.05, 0) is 60.8 Å². The lowest BCUT2D eigenvalue weighted by Crippen LogP contribution is -2.36. The molecule has 0 aliphatic rings. The maximum Gasteiger partial charge on any atom is 0.254 e. The van der Waals surface area contributed by atoms with Crippen LogP contribution in [-0.2, 0) is 16.4 Å². The van der Waals surface area contributed by atoms with Crippen molar-refractivity contribution >= 4 is 27.1 Å². The van der Waals surface area contributed by atoms with Gasteiger partial charge in [-0.25, -0.2) is 8.42 Å². The summed E-state index contributed by atoms with van der Waals surface area (Å²) in [5, 5.41) is 4.02. The quantitative estimate of drug-likeness (QED) is 0.755. The van der Waals surface area contributed by atoms with E-state index in [2.05, 4.69) is 0 Å². The van der Waals surface area contributed by atoms with Gasteiger partial charge in [0.15, 0.2) is 9.84 Å². The van der Waals surface area contributed by atoms with E-state index in [0.29, 0.717) is 18.7 Å². The molecule has 0 saturated carbocycles. The number of nitrogens with zero attached hydrogens (tertiary/aromatic N) is 2. The number of amides is 1. The Kier molecular flexibility index (Phi) is 6.15. The van der Waals surface area contributed by atoms with Crippen LogP contribution in [0.2, 0.25) is 0 Å². The van der Waals surface area contributed by atoms with Gasteiger partial charge in [-0.15, -0.1) is 0 Å². The molecule has 1 aromatic carbocycles. The molecular weight excluding hydrogens is 344 g/mol. The minimum absolute atomic E-state index is 0.0944. The molecule has 0 bridgehead atoms. The van der Waals surface area contributed by atoms with Gasteiger partial charge in [-0.1, -0.05) is 0 Å². The average molecular weight is 367 g/mol. The summed E-state index contributed by atoms with van der Waals surface area (Å²) in [6.07, 6.45) is 1.16. The van der Waals surface area contributed by atoms with Crippen LogP contribution >= 0.6 is 11.3 Å². The number of carbonyl (C=O) groups is 1. The summed E-state index contributed by atoms with van der Waals surface area (Å²) >= 11 is 1.60. The van der Waals surface area contributed by atoms with Crippen molar-refractivity contribution in [1.82, 2.24) is 9.80 Å². The zero-order valence-corrected chi connectivity index (χ0v) is 15.7. The SMILES string of the molecule is CN(C)CCN(Cc1ccsc1)C(=O)c1ccc(S(C)(=O)=O)cc1. The van der Waals surface area contributed by atoms with E-state index in [-0.39, 0.29) is 10.8 Å². The molecule has 0 saturated heterocycles. The molecular formula is C17H22N2O3S2. The van der Waals surface area contributed by atoms with Crippen LogP contribution in [-0.4, -0.2) is 57.6 Å². The molecule has 0 radical (unpaired) electrons. The van der Waals surface area contributed by atoms with Gasteiger partial charge in [0.05, 0.1) is 4.90 Å². The van der Waals surface area contributed by atoms with Gasteiger partial charge < -0.3 is 9.80 Å². The molecule has 1 aromatic heterocycles. The molecule has 2 rings (SSSR count). The fourth-order valence-corrected chi connectivity index (χ4v) is 3.49. The molecule has 1 heterocycles. The van der Waals surface area contributed by atoms with E-state index in [1.54, 1.807) is 28.4 Å². The summed E-state index contributed by atoms with van der Waals surface area (Å²) in [6, 6.07) is 8.13. The number of sulfone groups is 1. The van der Waals surface area contributed by atoms with Crippen LogP contribution < -0.4 is 0 Å². The maximum atomic E-state index is 12.8. The molecule has 0 fully saturated rings. The molecule has 0 unspecified atom stereocenters. The molecule has 24 heavy (non-hydrogen) atoms. The lowest BCUT2D eigenvalue weighted by molar-refractivity contribution is 0.0732. The molecule has 1 amide bonds. The third-order valence-corrected chi connectivity index (χ3v) is 5.45. The van der Waals surface area contributed by atoms with E-state index >= 15 is 0 Å². The van der Waals surface area contributed by atoms with E-state index in [4.69, 9.17) is 0 Å². The molecule has 0 aliphatic carbocycles. The van der Waals surface area contributed by atoms with Crippen LogP contribution in [0.4, 0.5) is 0 Å². The number of carbonyl (C=O) groups excluding carboxylic acids is 1. The lowest BCUT2D eigenvalue weighted by Gasteiger charge is -2.24. The van der Waals surface area contributed by atoms with Gasteiger partial charge >= 0.3 is 0 Å². The summed E-state index contributed by atoms with van der Waals surface area (Å²) < 4.78 is 23.1. The van der Waals surface area contributed by atoms with Crippen molar-refractivity contribution < 1.29 is 13.2 Å². The smallest absolute Gasteiger partial charge is 0.254 e. The Morgan fingerprint density at radius 1 is 1.08 bits per heavy atom. The lowest BCUT2D eigenvalue weighted by atomic mass is 10.2.